The van der Waals surface area contributed by atoms with E-state index >= 15 is 0 Å². The number of carbonyl (C=O) groups excluding carboxylic acids is 4. The monoisotopic (exact) mass is 445 g/mol. The summed E-state index contributed by atoms with van der Waals surface area (Å²) in [5.74, 6) is -4.22. The van der Waals surface area contributed by atoms with Gasteiger partial charge < -0.3 is 18.9 Å². The number of quaternary nitrogens is 1. The molecule has 1 aliphatic heterocycles. The van der Waals surface area contributed by atoms with Crippen LogP contribution in [0.1, 0.15) is 47.0 Å². The van der Waals surface area contributed by atoms with E-state index < -0.39 is 35.7 Å². The van der Waals surface area contributed by atoms with E-state index in [4.69, 9.17) is 18.9 Å². The Bertz CT molecular complexity index is 512. The summed E-state index contributed by atoms with van der Waals surface area (Å²) < 4.78 is 20.1. The molecule has 1 rings (SSSR count). The minimum atomic E-state index is -0.964. The van der Waals surface area contributed by atoms with Crippen LogP contribution in [0.15, 0.2) is 0 Å². The van der Waals surface area contributed by atoms with Gasteiger partial charge in [-0.05, 0) is 34.1 Å². The third-order valence-electron chi connectivity index (χ3n) is 5.03. The third kappa shape index (κ3) is 8.82. The molecule has 0 aliphatic carbocycles. The second kappa shape index (κ2) is 14.7. The van der Waals surface area contributed by atoms with E-state index in [1.807, 2.05) is 0 Å². The molecule has 1 saturated heterocycles. The third-order valence-corrected chi connectivity index (χ3v) is 5.03. The lowest BCUT2D eigenvalue weighted by molar-refractivity contribution is -1.00. The van der Waals surface area contributed by atoms with Crippen molar-refractivity contribution in [2.24, 2.45) is 11.8 Å². The summed E-state index contributed by atoms with van der Waals surface area (Å²) in [6, 6.07) is 0. The highest BCUT2D eigenvalue weighted by Gasteiger charge is 2.35. The van der Waals surface area contributed by atoms with E-state index in [-0.39, 0.29) is 32.8 Å². The fourth-order valence-corrected chi connectivity index (χ4v) is 3.57. The molecule has 31 heavy (non-hydrogen) atoms. The summed E-state index contributed by atoms with van der Waals surface area (Å²) in [5, 5.41) is 3.20. The zero-order valence-electron chi connectivity index (χ0n) is 19.1. The first-order valence-corrected chi connectivity index (χ1v) is 11.2. The zero-order valence-corrected chi connectivity index (χ0v) is 19.1. The van der Waals surface area contributed by atoms with E-state index in [1.165, 1.54) is 0 Å². The van der Waals surface area contributed by atoms with E-state index in [2.05, 4.69) is 5.01 Å². The Morgan fingerprint density at radius 3 is 1.58 bits per heavy atom. The number of ether oxygens (including phenoxy) is 4. The van der Waals surface area contributed by atoms with E-state index in [0.29, 0.717) is 19.5 Å². The number of rotatable bonds is 14. The van der Waals surface area contributed by atoms with Crippen molar-refractivity contribution in [3.63, 3.8) is 0 Å². The van der Waals surface area contributed by atoms with Gasteiger partial charge in [-0.25, -0.2) is 0 Å². The van der Waals surface area contributed by atoms with Gasteiger partial charge in [0.25, 0.3) is 0 Å². The molecule has 0 aromatic carbocycles. The number of hydrogen-bond donors (Lipinski definition) is 1. The lowest BCUT2D eigenvalue weighted by Crippen LogP contribution is -3.16. The van der Waals surface area contributed by atoms with Crippen molar-refractivity contribution in [1.82, 2.24) is 5.01 Å². The van der Waals surface area contributed by atoms with Gasteiger partial charge in [-0.1, -0.05) is 0 Å². The average Bonchev–Trinajstić information content (AvgIpc) is 3.16. The molecule has 178 valence electrons. The van der Waals surface area contributed by atoms with Gasteiger partial charge in [0.15, 0.2) is 11.8 Å². The fraction of sp³-hybridized carbons (Fsp3) is 0.810. The van der Waals surface area contributed by atoms with Crippen LogP contribution in [0, 0.1) is 11.8 Å². The number of carbonyl (C=O) groups is 4. The Morgan fingerprint density at radius 1 is 0.742 bits per heavy atom. The van der Waals surface area contributed by atoms with Crippen molar-refractivity contribution in [2.45, 2.75) is 47.0 Å². The van der Waals surface area contributed by atoms with Gasteiger partial charge in [0, 0.05) is 19.4 Å². The van der Waals surface area contributed by atoms with Crippen LogP contribution in [-0.2, 0) is 38.1 Å². The van der Waals surface area contributed by atoms with Gasteiger partial charge in [0.05, 0.1) is 46.1 Å². The van der Waals surface area contributed by atoms with Crippen LogP contribution < -0.4 is 5.01 Å². The number of nitrogens with zero attached hydrogens (tertiary/aromatic N) is 1. The standard InChI is InChI=1S/C21H36N2O8/c1-5-28-18(24)16(19(25)29-6-2)10-14-22-12-9-13-23(22)15-11-17(20(26)30-7-3)21(27)31-8-4/h16-17H,5-15H2,1-4H3/p+1. The molecule has 0 radical (unpaired) electrons. The Morgan fingerprint density at radius 2 is 1.16 bits per heavy atom. The molecule has 0 bridgehead atoms. The summed E-state index contributed by atoms with van der Waals surface area (Å²) in [6.07, 6.45) is 1.51. The molecule has 1 fully saturated rings. The lowest BCUT2D eigenvalue weighted by Gasteiger charge is -2.26. The van der Waals surface area contributed by atoms with Crippen LogP contribution in [0.3, 0.4) is 0 Å². The highest BCUT2D eigenvalue weighted by atomic mass is 16.6. The molecular formula is C21H37N2O8+. The van der Waals surface area contributed by atoms with Gasteiger partial charge in [0.2, 0.25) is 0 Å². The molecule has 0 amide bonds. The normalized spacial score (nSPS) is 16.4. The first-order valence-electron chi connectivity index (χ1n) is 11.2. The fourth-order valence-electron chi connectivity index (χ4n) is 3.57. The molecule has 10 heteroatoms. The van der Waals surface area contributed by atoms with E-state index in [0.717, 1.165) is 24.5 Å². The number of esters is 4. The Labute approximate surface area is 184 Å². The molecule has 1 aliphatic rings. The molecule has 0 saturated carbocycles. The van der Waals surface area contributed by atoms with Gasteiger partial charge in [-0.2, -0.15) is 5.01 Å². The highest BCUT2D eigenvalue weighted by molar-refractivity contribution is 5.95. The van der Waals surface area contributed by atoms with Crippen molar-refractivity contribution in [3.8, 4) is 0 Å². The van der Waals surface area contributed by atoms with Gasteiger partial charge >= 0.3 is 23.9 Å². The first-order chi connectivity index (χ1) is 14.9. The summed E-state index contributed by atoms with van der Waals surface area (Å²) >= 11 is 0. The largest absolute Gasteiger partial charge is 0.465 e. The molecule has 0 aromatic rings. The summed E-state index contributed by atoms with van der Waals surface area (Å²) in [5.41, 5.74) is 0. The van der Waals surface area contributed by atoms with Crippen LogP contribution in [0.2, 0.25) is 0 Å². The number of nitrogens with one attached hydrogen (secondary N) is 1. The minimum absolute atomic E-state index is 0.193. The Kier molecular flexibility index (Phi) is 12.8. The maximum Gasteiger partial charge on any atom is 0.320 e. The van der Waals surface area contributed by atoms with Crippen LogP contribution >= 0.6 is 0 Å². The SMILES string of the molecule is CCOC(=O)C(CCN1CCC[NH+]1CCC(C(=O)OCC)C(=O)OCC)C(=O)OCC. The zero-order chi connectivity index (χ0) is 23.2. The minimum Gasteiger partial charge on any atom is -0.465 e. The number of hydrogen-bond acceptors (Lipinski definition) is 9. The van der Waals surface area contributed by atoms with Gasteiger partial charge in [-0.3, -0.25) is 24.2 Å². The summed E-state index contributed by atoms with van der Waals surface area (Å²) in [4.78, 5) is 48.7. The Hall–Kier alpha value is -2.20. The predicted molar refractivity (Wildman–Crippen MR) is 110 cm³/mol. The summed E-state index contributed by atoms with van der Waals surface area (Å²) in [6.45, 7) is 10.2. The van der Waals surface area contributed by atoms with Crippen LogP contribution in [0.25, 0.3) is 0 Å². The second-order valence-corrected chi connectivity index (χ2v) is 7.10. The van der Waals surface area contributed by atoms with E-state index in [1.54, 1.807) is 27.7 Å². The molecule has 1 heterocycles. The molecular weight excluding hydrogens is 408 g/mol. The highest BCUT2D eigenvalue weighted by Crippen LogP contribution is 2.12. The van der Waals surface area contributed by atoms with Crippen molar-refractivity contribution in [3.05, 3.63) is 0 Å². The van der Waals surface area contributed by atoms with Crippen molar-refractivity contribution in [1.29, 1.82) is 0 Å². The molecule has 1 N–H and O–H groups in total. The maximum absolute atomic E-state index is 12.2. The first kappa shape index (κ1) is 26.8. The van der Waals surface area contributed by atoms with Crippen molar-refractivity contribution < 1.29 is 43.1 Å². The average molecular weight is 446 g/mol. The molecule has 1 unspecified atom stereocenters. The van der Waals surface area contributed by atoms with Gasteiger partial charge in [0.1, 0.15) is 0 Å². The Balaban J connectivity index is 2.71. The quantitative estimate of drug-likeness (QED) is 0.220. The second-order valence-electron chi connectivity index (χ2n) is 7.10. The lowest BCUT2D eigenvalue weighted by atomic mass is 10.1. The van der Waals surface area contributed by atoms with E-state index in [9.17, 15) is 19.2 Å². The van der Waals surface area contributed by atoms with Crippen molar-refractivity contribution >= 4 is 23.9 Å². The summed E-state index contributed by atoms with van der Waals surface area (Å²) in [7, 11) is 0. The molecule has 1 atom stereocenters. The smallest absolute Gasteiger partial charge is 0.320 e. The van der Waals surface area contributed by atoms with Crippen LogP contribution in [0.5, 0.6) is 0 Å². The van der Waals surface area contributed by atoms with Gasteiger partial charge in [-0.15, -0.1) is 0 Å². The maximum atomic E-state index is 12.2. The van der Waals surface area contributed by atoms with Crippen LogP contribution in [-0.4, -0.2) is 81.5 Å². The van der Waals surface area contributed by atoms with Crippen molar-refractivity contribution in [2.75, 3.05) is 52.6 Å². The molecule has 10 nitrogen and oxygen atoms in total. The topological polar surface area (TPSA) is 113 Å². The predicted octanol–water partition coefficient (Wildman–Crippen LogP) is -0.243. The molecule has 0 spiro atoms. The van der Waals surface area contributed by atoms with Crippen LogP contribution in [0.4, 0.5) is 0 Å². The molecule has 0 aromatic heterocycles.